The second-order valence-corrected chi connectivity index (χ2v) is 3.49. The van der Waals surface area contributed by atoms with Crippen LogP contribution in [0.3, 0.4) is 0 Å². The largest absolute Gasteiger partial charge is 0.338 e. The lowest BCUT2D eigenvalue weighted by atomic mass is 10.1. The molecule has 0 aromatic carbocycles. The van der Waals surface area contributed by atoms with Crippen LogP contribution in [0.1, 0.15) is 18.5 Å². The SMILES string of the molecule is CNCC(=O)N(C)C(C)c1ccncc1.Cl. The number of amides is 1. The van der Waals surface area contributed by atoms with Crippen LogP contribution in [0, 0.1) is 0 Å². The Balaban J connectivity index is 0.00000225. The summed E-state index contributed by atoms with van der Waals surface area (Å²) in [6.07, 6.45) is 3.48. The second-order valence-electron chi connectivity index (χ2n) is 3.49. The molecule has 0 fully saturated rings. The molecule has 0 spiro atoms. The fraction of sp³-hybridized carbons (Fsp3) is 0.455. The summed E-state index contributed by atoms with van der Waals surface area (Å²) >= 11 is 0. The molecule has 0 saturated heterocycles. The zero-order valence-corrected chi connectivity index (χ0v) is 10.6. The first-order valence-corrected chi connectivity index (χ1v) is 4.97. The van der Waals surface area contributed by atoms with E-state index in [0.717, 1.165) is 5.56 Å². The van der Waals surface area contributed by atoms with E-state index >= 15 is 0 Å². The van der Waals surface area contributed by atoms with Crippen LogP contribution < -0.4 is 5.32 Å². The Morgan fingerprint density at radius 2 is 2.06 bits per heavy atom. The van der Waals surface area contributed by atoms with Crippen LogP contribution in [0.25, 0.3) is 0 Å². The number of halogens is 1. The van der Waals surface area contributed by atoms with Crippen molar-refractivity contribution in [3.05, 3.63) is 30.1 Å². The first kappa shape index (κ1) is 14.9. The second kappa shape index (κ2) is 7.19. The van der Waals surface area contributed by atoms with Gasteiger partial charge in [0.15, 0.2) is 0 Å². The van der Waals surface area contributed by atoms with Gasteiger partial charge < -0.3 is 10.2 Å². The Kier molecular flexibility index (Phi) is 6.69. The Labute approximate surface area is 102 Å². The molecule has 1 rings (SSSR count). The molecule has 0 aliphatic heterocycles. The van der Waals surface area contributed by atoms with E-state index in [9.17, 15) is 4.79 Å². The average molecular weight is 244 g/mol. The molecule has 4 nitrogen and oxygen atoms in total. The molecule has 1 unspecified atom stereocenters. The molecule has 5 heteroatoms. The number of nitrogens with one attached hydrogen (secondary N) is 1. The lowest BCUT2D eigenvalue weighted by Crippen LogP contribution is -2.35. The van der Waals surface area contributed by atoms with Crippen molar-refractivity contribution < 1.29 is 4.79 Å². The quantitative estimate of drug-likeness (QED) is 0.866. The van der Waals surface area contributed by atoms with Crippen LogP contribution in [0.4, 0.5) is 0 Å². The van der Waals surface area contributed by atoms with Crippen LogP contribution in [-0.4, -0.2) is 36.4 Å². The molecule has 90 valence electrons. The number of nitrogens with zero attached hydrogens (tertiary/aromatic N) is 2. The number of carbonyl (C=O) groups excluding carboxylic acids is 1. The third kappa shape index (κ3) is 3.79. The maximum Gasteiger partial charge on any atom is 0.236 e. The van der Waals surface area contributed by atoms with Gasteiger partial charge in [0.2, 0.25) is 5.91 Å². The molecule has 1 N–H and O–H groups in total. The van der Waals surface area contributed by atoms with Crippen LogP contribution in [0.5, 0.6) is 0 Å². The normalized spacial score (nSPS) is 11.4. The average Bonchev–Trinajstić information content (AvgIpc) is 2.28. The Hall–Kier alpha value is -1.13. The van der Waals surface area contributed by atoms with Crippen molar-refractivity contribution in [2.45, 2.75) is 13.0 Å². The van der Waals surface area contributed by atoms with Crippen molar-refractivity contribution >= 4 is 18.3 Å². The van der Waals surface area contributed by atoms with E-state index in [-0.39, 0.29) is 24.4 Å². The van der Waals surface area contributed by atoms with E-state index in [1.54, 1.807) is 24.3 Å². The number of likely N-dealkylation sites (N-methyl/N-ethyl adjacent to an activating group) is 2. The summed E-state index contributed by atoms with van der Waals surface area (Å²) in [6.45, 7) is 2.37. The van der Waals surface area contributed by atoms with Gasteiger partial charge in [-0.1, -0.05) is 0 Å². The molecule has 1 heterocycles. The van der Waals surface area contributed by atoms with Crippen LogP contribution >= 0.6 is 12.4 Å². The van der Waals surface area contributed by atoms with Crippen LogP contribution in [0.2, 0.25) is 0 Å². The Bertz CT molecular complexity index is 318. The molecule has 16 heavy (non-hydrogen) atoms. The zero-order chi connectivity index (χ0) is 11.3. The summed E-state index contributed by atoms with van der Waals surface area (Å²) in [5, 5.41) is 2.85. The summed E-state index contributed by atoms with van der Waals surface area (Å²) in [7, 11) is 3.58. The van der Waals surface area contributed by atoms with E-state index in [2.05, 4.69) is 10.3 Å². The summed E-state index contributed by atoms with van der Waals surface area (Å²) in [5.74, 6) is 0.0850. The first-order chi connectivity index (χ1) is 7.16. The monoisotopic (exact) mass is 243 g/mol. The van der Waals surface area contributed by atoms with E-state index < -0.39 is 0 Å². The molecule has 0 aliphatic rings. The molecule has 0 bridgehead atoms. The van der Waals surface area contributed by atoms with Gasteiger partial charge in [-0.3, -0.25) is 9.78 Å². The van der Waals surface area contributed by atoms with Crippen molar-refractivity contribution in [1.29, 1.82) is 0 Å². The minimum atomic E-state index is 0. The van der Waals surface area contributed by atoms with Crippen molar-refractivity contribution in [3.8, 4) is 0 Å². The molecular weight excluding hydrogens is 226 g/mol. The smallest absolute Gasteiger partial charge is 0.236 e. The standard InChI is InChI=1S/C11H17N3O.ClH/c1-9(10-4-6-13-7-5-10)14(3)11(15)8-12-2;/h4-7,9,12H,8H2,1-3H3;1H. The van der Waals surface area contributed by atoms with Crippen LogP contribution in [-0.2, 0) is 4.79 Å². The highest BCUT2D eigenvalue weighted by atomic mass is 35.5. The van der Waals surface area contributed by atoms with E-state index in [1.807, 2.05) is 26.1 Å². The highest BCUT2D eigenvalue weighted by Crippen LogP contribution is 2.17. The van der Waals surface area contributed by atoms with Gasteiger partial charge in [-0.2, -0.15) is 0 Å². The van der Waals surface area contributed by atoms with Gasteiger partial charge in [-0.05, 0) is 31.7 Å². The third-order valence-electron chi connectivity index (χ3n) is 2.49. The van der Waals surface area contributed by atoms with Gasteiger partial charge in [0.1, 0.15) is 0 Å². The first-order valence-electron chi connectivity index (χ1n) is 4.97. The number of hydrogen-bond donors (Lipinski definition) is 1. The molecule has 0 radical (unpaired) electrons. The predicted octanol–water partition coefficient (Wildman–Crippen LogP) is 1.24. The number of aromatic nitrogens is 1. The fourth-order valence-corrected chi connectivity index (χ4v) is 1.36. The minimum absolute atomic E-state index is 0. The van der Waals surface area contributed by atoms with E-state index in [1.165, 1.54) is 0 Å². The lowest BCUT2D eigenvalue weighted by molar-refractivity contribution is -0.130. The number of carbonyl (C=O) groups is 1. The van der Waals surface area contributed by atoms with E-state index in [0.29, 0.717) is 6.54 Å². The molecular formula is C11H18ClN3O. The molecule has 1 aromatic heterocycles. The highest BCUT2D eigenvalue weighted by Gasteiger charge is 2.15. The predicted molar refractivity (Wildman–Crippen MR) is 66.6 cm³/mol. The summed E-state index contributed by atoms with van der Waals surface area (Å²) < 4.78 is 0. The number of rotatable bonds is 4. The Morgan fingerprint density at radius 1 is 1.50 bits per heavy atom. The minimum Gasteiger partial charge on any atom is -0.338 e. The number of pyridine rings is 1. The van der Waals surface area contributed by atoms with Gasteiger partial charge in [0, 0.05) is 19.4 Å². The third-order valence-corrected chi connectivity index (χ3v) is 2.49. The molecule has 1 atom stereocenters. The van der Waals surface area contributed by atoms with Gasteiger partial charge in [-0.25, -0.2) is 0 Å². The maximum atomic E-state index is 11.6. The van der Waals surface area contributed by atoms with Gasteiger partial charge >= 0.3 is 0 Å². The van der Waals surface area contributed by atoms with Gasteiger partial charge in [-0.15, -0.1) is 12.4 Å². The zero-order valence-electron chi connectivity index (χ0n) is 9.80. The fourth-order valence-electron chi connectivity index (χ4n) is 1.36. The topological polar surface area (TPSA) is 45.2 Å². The summed E-state index contributed by atoms with van der Waals surface area (Å²) in [4.78, 5) is 17.3. The van der Waals surface area contributed by atoms with Crippen molar-refractivity contribution in [1.82, 2.24) is 15.2 Å². The Morgan fingerprint density at radius 3 is 2.56 bits per heavy atom. The van der Waals surface area contributed by atoms with Crippen LogP contribution in [0.15, 0.2) is 24.5 Å². The van der Waals surface area contributed by atoms with Crippen molar-refractivity contribution in [2.24, 2.45) is 0 Å². The maximum absolute atomic E-state index is 11.6. The van der Waals surface area contributed by atoms with Gasteiger partial charge in [0.25, 0.3) is 0 Å². The highest BCUT2D eigenvalue weighted by molar-refractivity contribution is 5.85. The molecule has 0 saturated carbocycles. The van der Waals surface area contributed by atoms with E-state index in [4.69, 9.17) is 0 Å². The molecule has 0 aliphatic carbocycles. The van der Waals surface area contributed by atoms with Gasteiger partial charge in [0.05, 0.1) is 12.6 Å². The molecule has 1 aromatic rings. The summed E-state index contributed by atoms with van der Waals surface area (Å²) in [6, 6.07) is 3.93. The summed E-state index contributed by atoms with van der Waals surface area (Å²) in [5.41, 5.74) is 1.09. The van der Waals surface area contributed by atoms with Crippen molar-refractivity contribution in [3.63, 3.8) is 0 Å². The number of hydrogen-bond acceptors (Lipinski definition) is 3. The van der Waals surface area contributed by atoms with Crippen molar-refractivity contribution in [2.75, 3.05) is 20.6 Å². The molecule has 1 amide bonds. The lowest BCUT2D eigenvalue weighted by Gasteiger charge is -2.25.